The van der Waals surface area contributed by atoms with Gasteiger partial charge < -0.3 is 4.42 Å². The van der Waals surface area contributed by atoms with E-state index in [1.807, 2.05) is 13.0 Å². The van der Waals surface area contributed by atoms with Gasteiger partial charge in [-0.25, -0.2) is 0 Å². The van der Waals surface area contributed by atoms with Crippen LogP contribution in [0.2, 0.25) is 0 Å². The van der Waals surface area contributed by atoms with Crippen LogP contribution in [-0.4, -0.2) is 0 Å². The second kappa shape index (κ2) is 3.31. The molecular weight excluding hydrogens is 160 g/mol. The average Bonchev–Trinajstić information content (AvgIpc) is 2.33. The van der Waals surface area contributed by atoms with Gasteiger partial charge in [-0.3, -0.25) is 0 Å². The lowest BCUT2D eigenvalue weighted by atomic mass is 10.1. The molecule has 62 valence electrons. The molecule has 0 amide bonds. The molecule has 0 spiro atoms. The zero-order valence-electron chi connectivity index (χ0n) is 7.10. The van der Waals surface area contributed by atoms with Gasteiger partial charge in [-0.2, -0.15) is 0 Å². The minimum Gasteiger partial charge on any atom is -0.467 e. The predicted molar refractivity (Wildman–Crippen MR) is 47.1 cm³/mol. The van der Waals surface area contributed by atoms with Crippen LogP contribution in [0.5, 0.6) is 0 Å². The van der Waals surface area contributed by atoms with E-state index in [1.54, 1.807) is 6.26 Å². The topological polar surface area (TPSA) is 13.1 Å². The Balaban J connectivity index is 2.82. The van der Waals surface area contributed by atoms with Gasteiger partial charge in [0.05, 0.1) is 11.6 Å². The average molecular weight is 173 g/mol. The van der Waals surface area contributed by atoms with Gasteiger partial charge >= 0.3 is 0 Å². The van der Waals surface area contributed by atoms with Crippen molar-refractivity contribution in [2.45, 2.75) is 32.1 Å². The van der Waals surface area contributed by atoms with Crippen LogP contribution in [0, 0.1) is 0 Å². The number of rotatable bonds is 2. The molecule has 11 heavy (non-hydrogen) atoms. The number of halogens is 1. The summed E-state index contributed by atoms with van der Waals surface area (Å²) in [6.45, 7) is 6.17. The molecule has 1 atom stereocenters. The monoisotopic (exact) mass is 172 g/mol. The third-order valence-electron chi connectivity index (χ3n) is 1.70. The van der Waals surface area contributed by atoms with Crippen molar-refractivity contribution in [1.82, 2.24) is 0 Å². The van der Waals surface area contributed by atoms with Crippen molar-refractivity contribution in [3.8, 4) is 0 Å². The van der Waals surface area contributed by atoms with Crippen molar-refractivity contribution in [2.24, 2.45) is 0 Å². The number of hydrogen-bond acceptors (Lipinski definition) is 1. The highest BCUT2D eigenvalue weighted by Gasteiger charge is 2.08. The van der Waals surface area contributed by atoms with Crippen LogP contribution in [0.3, 0.4) is 0 Å². The number of furan rings is 1. The molecule has 0 aromatic carbocycles. The van der Waals surface area contributed by atoms with E-state index in [4.69, 9.17) is 16.0 Å². The summed E-state index contributed by atoms with van der Waals surface area (Å²) in [5, 5.41) is -0.0255. The Bertz CT molecular complexity index is 203. The molecule has 0 saturated carbocycles. The quantitative estimate of drug-likeness (QED) is 0.620. The third kappa shape index (κ3) is 2.00. The fourth-order valence-electron chi connectivity index (χ4n) is 0.880. The summed E-state index contributed by atoms with van der Waals surface area (Å²) in [6.07, 6.45) is 1.78. The minimum atomic E-state index is -0.0255. The van der Waals surface area contributed by atoms with E-state index in [0.29, 0.717) is 5.92 Å². The second-order valence-electron chi connectivity index (χ2n) is 3.05. The molecule has 2 heteroatoms. The molecular formula is C9H13ClO. The normalized spacial score (nSPS) is 13.9. The first-order valence-electron chi connectivity index (χ1n) is 3.83. The van der Waals surface area contributed by atoms with Crippen LogP contribution in [0.25, 0.3) is 0 Å². The molecule has 1 heterocycles. The summed E-state index contributed by atoms with van der Waals surface area (Å²) >= 11 is 5.83. The zero-order chi connectivity index (χ0) is 8.43. The van der Waals surface area contributed by atoms with Crippen molar-refractivity contribution < 1.29 is 4.42 Å². The summed E-state index contributed by atoms with van der Waals surface area (Å²) < 4.78 is 5.26. The van der Waals surface area contributed by atoms with Gasteiger partial charge in [0.2, 0.25) is 0 Å². The zero-order valence-corrected chi connectivity index (χ0v) is 7.85. The maximum Gasteiger partial charge on any atom is 0.121 e. The number of alkyl halides is 1. The molecule has 0 N–H and O–H groups in total. The maximum absolute atomic E-state index is 5.83. The largest absolute Gasteiger partial charge is 0.467 e. The predicted octanol–water partition coefficient (Wildman–Crippen LogP) is 3.70. The third-order valence-corrected chi connectivity index (χ3v) is 1.91. The maximum atomic E-state index is 5.83. The molecule has 1 unspecified atom stereocenters. The van der Waals surface area contributed by atoms with E-state index in [1.165, 1.54) is 5.56 Å². The molecule has 1 aromatic heterocycles. The van der Waals surface area contributed by atoms with Gasteiger partial charge in [0.25, 0.3) is 0 Å². The Morgan fingerprint density at radius 2 is 2.00 bits per heavy atom. The summed E-state index contributed by atoms with van der Waals surface area (Å²) in [5.41, 5.74) is 1.22. The highest BCUT2D eigenvalue weighted by Crippen LogP contribution is 2.25. The molecule has 0 bridgehead atoms. The molecule has 0 aliphatic rings. The van der Waals surface area contributed by atoms with E-state index in [0.717, 1.165) is 5.76 Å². The second-order valence-corrected chi connectivity index (χ2v) is 3.71. The Labute approximate surface area is 72.4 Å². The standard InChI is InChI=1S/C9H13ClO/c1-6(2)8-4-9(7(3)10)11-5-8/h4-7H,1-3H3. The molecule has 0 radical (unpaired) electrons. The number of hydrogen-bond donors (Lipinski definition) is 0. The van der Waals surface area contributed by atoms with E-state index in [-0.39, 0.29) is 5.38 Å². The van der Waals surface area contributed by atoms with Gasteiger partial charge in [0.1, 0.15) is 5.76 Å². The first-order chi connectivity index (χ1) is 5.11. The lowest BCUT2D eigenvalue weighted by Crippen LogP contribution is -1.82. The summed E-state index contributed by atoms with van der Waals surface area (Å²) in [5.74, 6) is 1.37. The van der Waals surface area contributed by atoms with Crippen LogP contribution in [-0.2, 0) is 0 Å². The highest BCUT2D eigenvalue weighted by molar-refractivity contribution is 6.20. The highest BCUT2D eigenvalue weighted by atomic mass is 35.5. The van der Waals surface area contributed by atoms with Crippen LogP contribution < -0.4 is 0 Å². The Hall–Kier alpha value is -0.430. The van der Waals surface area contributed by atoms with Crippen molar-refractivity contribution in [2.75, 3.05) is 0 Å². The SMILES string of the molecule is CC(C)c1coc(C(C)Cl)c1. The van der Waals surface area contributed by atoms with Gasteiger partial charge in [-0.1, -0.05) is 13.8 Å². The molecule has 0 saturated heterocycles. The van der Waals surface area contributed by atoms with Crippen molar-refractivity contribution >= 4 is 11.6 Å². The summed E-state index contributed by atoms with van der Waals surface area (Å²) in [7, 11) is 0. The lowest BCUT2D eigenvalue weighted by Gasteiger charge is -1.96. The molecule has 0 aliphatic heterocycles. The lowest BCUT2D eigenvalue weighted by molar-refractivity contribution is 0.508. The van der Waals surface area contributed by atoms with Gasteiger partial charge in [0, 0.05) is 0 Å². The first-order valence-corrected chi connectivity index (χ1v) is 4.27. The Morgan fingerprint density at radius 1 is 1.36 bits per heavy atom. The van der Waals surface area contributed by atoms with Crippen LogP contribution in [0.15, 0.2) is 16.7 Å². The molecule has 1 rings (SSSR count). The summed E-state index contributed by atoms with van der Waals surface area (Å²) in [4.78, 5) is 0. The van der Waals surface area contributed by atoms with Crippen LogP contribution in [0.4, 0.5) is 0 Å². The van der Waals surface area contributed by atoms with Gasteiger partial charge in [-0.05, 0) is 24.5 Å². The first kappa shape index (κ1) is 8.66. The summed E-state index contributed by atoms with van der Waals surface area (Å²) in [6, 6.07) is 2.02. The Kier molecular flexibility index (Phi) is 2.61. The van der Waals surface area contributed by atoms with Crippen LogP contribution >= 0.6 is 11.6 Å². The fraction of sp³-hybridized carbons (Fsp3) is 0.556. The fourth-order valence-corrected chi connectivity index (χ4v) is 0.994. The van der Waals surface area contributed by atoms with Crippen molar-refractivity contribution in [3.05, 3.63) is 23.7 Å². The van der Waals surface area contributed by atoms with Crippen LogP contribution in [0.1, 0.15) is 43.4 Å². The van der Waals surface area contributed by atoms with E-state index in [2.05, 4.69) is 13.8 Å². The van der Waals surface area contributed by atoms with E-state index >= 15 is 0 Å². The van der Waals surface area contributed by atoms with Crippen molar-refractivity contribution in [3.63, 3.8) is 0 Å². The molecule has 1 aromatic rings. The van der Waals surface area contributed by atoms with Crippen molar-refractivity contribution in [1.29, 1.82) is 0 Å². The van der Waals surface area contributed by atoms with E-state index in [9.17, 15) is 0 Å². The molecule has 0 aliphatic carbocycles. The smallest absolute Gasteiger partial charge is 0.121 e. The Morgan fingerprint density at radius 3 is 2.27 bits per heavy atom. The molecule has 0 fully saturated rings. The van der Waals surface area contributed by atoms with Gasteiger partial charge in [0.15, 0.2) is 0 Å². The van der Waals surface area contributed by atoms with E-state index < -0.39 is 0 Å². The van der Waals surface area contributed by atoms with Gasteiger partial charge in [-0.15, -0.1) is 11.6 Å². The molecule has 1 nitrogen and oxygen atoms in total. The minimum absolute atomic E-state index is 0.0255.